The first-order valence-corrected chi connectivity index (χ1v) is 8.58. The highest BCUT2D eigenvalue weighted by Gasteiger charge is 2.36. The summed E-state index contributed by atoms with van der Waals surface area (Å²) < 4.78 is 27.6. The van der Waals surface area contributed by atoms with Gasteiger partial charge >= 0.3 is 0 Å². The largest absolute Gasteiger partial charge is 0.302 e. The smallest absolute Gasteiger partial charge is 0.252 e. The summed E-state index contributed by atoms with van der Waals surface area (Å²) in [6.07, 6.45) is 3.48. The van der Waals surface area contributed by atoms with Crippen molar-refractivity contribution in [3.8, 4) is 0 Å². The number of nitrogens with one attached hydrogen (secondary N) is 1. The van der Waals surface area contributed by atoms with Gasteiger partial charge in [0.15, 0.2) is 8.68 Å². The van der Waals surface area contributed by atoms with Crippen molar-refractivity contribution in [3.63, 3.8) is 0 Å². The van der Waals surface area contributed by atoms with Crippen molar-refractivity contribution < 1.29 is 8.42 Å². The average Bonchev–Trinajstić information content (AvgIpc) is 2.78. The van der Waals surface area contributed by atoms with Crippen LogP contribution in [0.25, 0.3) is 0 Å². The standard InChI is InChI=1S/C10H14ClN3O2S2/c11-10-12-5-9(17-10)18(15,16)13-8-6-14-3-1-7(8)2-4-14/h5,7-8,13H,1-4,6H2. The van der Waals surface area contributed by atoms with Crippen molar-refractivity contribution in [1.29, 1.82) is 0 Å². The van der Waals surface area contributed by atoms with Crippen LogP contribution < -0.4 is 4.72 Å². The van der Waals surface area contributed by atoms with E-state index in [1.807, 2.05) is 0 Å². The van der Waals surface area contributed by atoms with Crippen molar-refractivity contribution >= 4 is 33.0 Å². The second-order valence-corrected chi connectivity index (χ2v) is 8.35. The van der Waals surface area contributed by atoms with E-state index in [0.717, 1.165) is 43.8 Å². The summed E-state index contributed by atoms with van der Waals surface area (Å²) in [5, 5.41) is 0. The molecule has 18 heavy (non-hydrogen) atoms. The van der Waals surface area contributed by atoms with Crippen molar-refractivity contribution in [2.75, 3.05) is 19.6 Å². The minimum absolute atomic E-state index is 0.0263. The van der Waals surface area contributed by atoms with E-state index in [9.17, 15) is 8.42 Å². The Balaban J connectivity index is 1.76. The van der Waals surface area contributed by atoms with E-state index in [2.05, 4.69) is 14.6 Å². The van der Waals surface area contributed by atoms with Crippen LogP contribution in [0.1, 0.15) is 12.8 Å². The lowest BCUT2D eigenvalue weighted by Crippen LogP contribution is -2.57. The van der Waals surface area contributed by atoms with Crippen LogP contribution in [-0.2, 0) is 10.0 Å². The van der Waals surface area contributed by atoms with Crippen LogP contribution in [0.15, 0.2) is 10.4 Å². The predicted molar refractivity (Wildman–Crippen MR) is 70.4 cm³/mol. The molecule has 0 aromatic carbocycles. The van der Waals surface area contributed by atoms with E-state index in [1.165, 1.54) is 6.20 Å². The molecule has 1 N–H and O–H groups in total. The van der Waals surface area contributed by atoms with E-state index in [4.69, 9.17) is 11.6 Å². The van der Waals surface area contributed by atoms with Gasteiger partial charge in [0.2, 0.25) is 0 Å². The third-order valence-corrected chi connectivity index (χ3v) is 6.75. The number of rotatable bonds is 3. The van der Waals surface area contributed by atoms with Crippen LogP contribution in [-0.4, -0.2) is 44.0 Å². The molecule has 100 valence electrons. The van der Waals surface area contributed by atoms with Gasteiger partial charge in [-0.2, -0.15) is 0 Å². The van der Waals surface area contributed by atoms with E-state index >= 15 is 0 Å². The molecule has 0 aliphatic carbocycles. The first-order chi connectivity index (χ1) is 8.54. The Bertz CT molecular complexity index is 537. The molecule has 3 aliphatic rings. The van der Waals surface area contributed by atoms with Gasteiger partial charge in [0.25, 0.3) is 10.0 Å². The molecule has 5 nitrogen and oxygen atoms in total. The molecular formula is C10H14ClN3O2S2. The molecule has 0 saturated carbocycles. The Kier molecular flexibility index (Phi) is 3.36. The highest BCUT2D eigenvalue weighted by Crippen LogP contribution is 2.29. The van der Waals surface area contributed by atoms with Gasteiger partial charge in [-0.15, -0.1) is 0 Å². The number of piperidine rings is 3. The summed E-state index contributed by atoms with van der Waals surface area (Å²) >= 11 is 6.67. The van der Waals surface area contributed by atoms with E-state index in [-0.39, 0.29) is 14.7 Å². The molecule has 3 aliphatic heterocycles. The number of hydrogen-bond acceptors (Lipinski definition) is 5. The second-order valence-electron chi connectivity index (χ2n) is 4.80. The fourth-order valence-corrected chi connectivity index (χ4v) is 5.32. The molecule has 8 heteroatoms. The fraction of sp³-hybridized carbons (Fsp3) is 0.700. The van der Waals surface area contributed by atoms with Crippen molar-refractivity contribution in [3.05, 3.63) is 10.7 Å². The summed E-state index contributed by atoms with van der Waals surface area (Å²) in [5.74, 6) is 0.466. The van der Waals surface area contributed by atoms with E-state index in [0.29, 0.717) is 5.92 Å². The molecule has 0 amide bonds. The first-order valence-electron chi connectivity index (χ1n) is 5.90. The number of aromatic nitrogens is 1. The number of halogens is 1. The lowest BCUT2D eigenvalue weighted by atomic mass is 9.85. The average molecular weight is 308 g/mol. The van der Waals surface area contributed by atoms with Crippen LogP contribution in [0.5, 0.6) is 0 Å². The molecule has 1 unspecified atom stereocenters. The summed E-state index contributed by atoms with van der Waals surface area (Å²) in [4.78, 5) is 6.09. The zero-order valence-corrected chi connectivity index (χ0v) is 12.1. The topological polar surface area (TPSA) is 62.3 Å². The lowest BCUT2D eigenvalue weighted by molar-refractivity contribution is 0.0827. The molecule has 3 fully saturated rings. The minimum Gasteiger partial charge on any atom is -0.302 e. The molecule has 4 rings (SSSR count). The van der Waals surface area contributed by atoms with Gasteiger partial charge in [-0.25, -0.2) is 18.1 Å². The summed E-state index contributed by atoms with van der Waals surface area (Å²) in [6, 6.07) is 0.0263. The van der Waals surface area contributed by atoms with Crippen LogP contribution in [0, 0.1) is 5.92 Å². The molecule has 1 aromatic heterocycles. The zero-order chi connectivity index (χ0) is 12.8. The number of nitrogens with zero attached hydrogens (tertiary/aromatic N) is 2. The number of thiazole rings is 1. The zero-order valence-electron chi connectivity index (χ0n) is 9.67. The molecule has 3 saturated heterocycles. The highest BCUT2D eigenvalue weighted by molar-refractivity contribution is 7.91. The SMILES string of the molecule is O=S(=O)(NC1CN2CCC1CC2)c1cnc(Cl)s1. The van der Waals surface area contributed by atoms with Crippen molar-refractivity contribution in [2.24, 2.45) is 5.92 Å². The Morgan fingerprint density at radius 3 is 2.67 bits per heavy atom. The van der Waals surface area contributed by atoms with Gasteiger partial charge < -0.3 is 4.90 Å². The monoisotopic (exact) mass is 307 g/mol. The Morgan fingerprint density at radius 2 is 2.17 bits per heavy atom. The van der Waals surface area contributed by atoms with Gasteiger partial charge in [-0.1, -0.05) is 22.9 Å². The molecule has 1 atom stereocenters. The maximum atomic E-state index is 12.2. The van der Waals surface area contributed by atoms with Crippen molar-refractivity contribution in [2.45, 2.75) is 23.1 Å². The van der Waals surface area contributed by atoms with Gasteiger partial charge in [0.1, 0.15) is 0 Å². The molecule has 4 heterocycles. The maximum absolute atomic E-state index is 12.2. The van der Waals surface area contributed by atoms with Crippen LogP contribution >= 0.6 is 22.9 Å². The third kappa shape index (κ3) is 2.42. The Hall–Kier alpha value is -0.210. The summed E-state index contributed by atoms with van der Waals surface area (Å²) in [7, 11) is -3.47. The third-order valence-electron chi connectivity index (χ3n) is 3.68. The highest BCUT2D eigenvalue weighted by atomic mass is 35.5. The number of sulfonamides is 1. The van der Waals surface area contributed by atoms with Gasteiger partial charge in [0, 0.05) is 12.6 Å². The van der Waals surface area contributed by atoms with Crippen LogP contribution in [0.3, 0.4) is 0 Å². The second kappa shape index (κ2) is 4.72. The molecular weight excluding hydrogens is 294 g/mol. The van der Waals surface area contributed by atoms with Crippen LogP contribution in [0.2, 0.25) is 4.47 Å². The van der Waals surface area contributed by atoms with Gasteiger partial charge in [-0.05, 0) is 31.8 Å². The molecule has 0 spiro atoms. The minimum atomic E-state index is -3.47. The predicted octanol–water partition coefficient (Wildman–Crippen LogP) is 1.17. The van der Waals surface area contributed by atoms with Gasteiger partial charge in [-0.3, -0.25) is 0 Å². The normalized spacial score (nSPS) is 31.7. The summed E-state index contributed by atoms with van der Waals surface area (Å²) in [5.41, 5.74) is 0. The molecule has 1 aromatic rings. The fourth-order valence-electron chi connectivity index (χ4n) is 2.72. The Morgan fingerprint density at radius 1 is 1.44 bits per heavy atom. The summed E-state index contributed by atoms with van der Waals surface area (Å²) in [6.45, 7) is 3.00. The molecule has 2 bridgehead atoms. The van der Waals surface area contributed by atoms with Gasteiger partial charge in [0.05, 0.1) is 6.20 Å². The Labute approximate surface area is 115 Å². The van der Waals surface area contributed by atoms with E-state index in [1.54, 1.807) is 0 Å². The van der Waals surface area contributed by atoms with E-state index < -0.39 is 10.0 Å². The number of fused-ring (bicyclic) bond motifs is 3. The van der Waals surface area contributed by atoms with Crippen LogP contribution in [0.4, 0.5) is 0 Å². The first kappa shape index (κ1) is 12.8. The number of hydrogen-bond donors (Lipinski definition) is 1. The molecule has 0 radical (unpaired) electrons. The maximum Gasteiger partial charge on any atom is 0.252 e. The lowest BCUT2D eigenvalue weighted by Gasteiger charge is -2.44. The van der Waals surface area contributed by atoms with Crippen molar-refractivity contribution in [1.82, 2.24) is 14.6 Å². The quantitative estimate of drug-likeness (QED) is 0.910.